The first-order valence-corrected chi connectivity index (χ1v) is 17.0. The Morgan fingerprint density at radius 3 is 2.18 bits per heavy atom. The van der Waals surface area contributed by atoms with E-state index in [0.717, 1.165) is 25.7 Å². The van der Waals surface area contributed by atoms with Crippen LogP contribution in [0.4, 0.5) is 0 Å². The minimum Gasteiger partial charge on any atom is -0.407 e. The number of benzene rings is 2. The topological polar surface area (TPSA) is 55.8 Å². The van der Waals surface area contributed by atoms with E-state index >= 15 is 0 Å². The number of ether oxygens (including phenoxy) is 1. The Balaban J connectivity index is 1.36. The van der Waals surface area contributed by atoms with Gasteiger partial charge in [-0.15, -0.1) is 0 Å². The van der Waals surface area contributed by atoms with Crippen LogP contribution >= 0.6 is 0 Å². The summed E-state index contributed by atoms with van der Waals surface area (Å²) in [6, 6.07) is 21.5. The zero-order valence-electron chi connectivity index (χ0n) is 24.7. The molecule has 0 aromatic heterocycles. The summed E-state index contributed by atoms with van der Waals surface area (Å²) in [5, 5.41) is 13.9. The number of carbonyl (C=O) groups is 1. The molecule has 3 fully saturated rings. The number of hydrogen-bond donors (Lipinski definition) is 1. The van der Waals surface area contributed by atoms with Crippen molar-refractivity contribution in [2.45, 2.75) is 96.5 Å². The Kier molecular flexibility index (Phi) is 8.02. The Morgan fingerprint density at radius 2 is 1.64 bits per heavy atom. The lowest BCUT2D eigenvalue weighted by atomic mass is 9.59. The van der Waals surface area contributed by atoms with Crippen molar-refractivity contribution < 1.29 is 19.1 Å². The average Bonchev–Trinajstić information content (AvgIpc) is 3.20. The van der Waals surface area contributed by atoms with E-state index in [-0.39, 0.29) is 35.0 Å². The van der Waals surface area contributed by atoms with Crippen molar-refractivity contribution in [3.63, 3.8) is 0 Å². The number of hydrogen-bond acceptors (Lipinski definition) is 4. The van der Waals surface area contributed by atoms with Crippen molar-refractivity contribution in [2.75, 3.05) is 6.61 Å². The fourth-order valence-corrected chi connectivity index (χ4v) is 13.0. The maximum atomic E-state index is 13.5. The fraction of sp³-hybridized carbons (Fsp3) is 0.618. The van der Waals surface area contributed by atoms with Gasteiger partial charge < -0.3 is 14.3 Å². The SMILES string of the molecule is CC(C)[C@H]1CC[C@@](C)(O)[C@H]2[C@@H]1[C@H]1O[C@@H]2CC(=O)[C@H]1CCCO[Si](c1ccccc1)(c1ccccc1)C(C)(C)C. The van der Waals surface area contributed by atoms with Gasteiger partial charge in [-0.1, -0.05) is 95.3 Å². The van der Waals surface area contributed by atoms with Gasteiger partial charge in [0.1, 0.15) is 5.78 Å². The predicted octanol–water partition coefficient (Wildman–Crippen LogP) is 5.75. The monoisotopic (exact) mass is 548 g/mol. The predicted molar refractivity (Wildman–Crippen MR) is 160 cm³/mol. The van der Waals surface area contributed by atoms with Gasteiger partial charge in [-0.2, -0.15) is 0 Å². The molecule has 2 aliphatic heterocycles. The molecule has 1 aliphatic carbocycles. The lowest BCUT2D eigenvalue weighted by molar-refractivity contribution is -0.141. The number of fused-ring (bicyclic) bond motifs is 5. The second-order valence-corrected chi connectivity index (χ2v) is 18.3. The van der Waals surface area contributed by atoms with Crippen molar-refractivity contribution in [3.8, 4) is 0 Å². The van der Waals surface area contributed by atoms with Crippen molar-refractivity contribution in [1.29, 1.82) is 0 Å². The molecule has 0 radical (unpaired) electrons. The van der Waals surface area contributed by atoms with Gasteiger partial charge in [-0.3, -0.25) is 4.79 Å². The third-order valence-electron chi connectivity index (χ3n) is 10.2. The fourth-order valence-electron chi connectivity index (χ4n) is 8.44. The van der Waals surface area contributed by atoms with Crippen LogP contribution in [0.1, 0.15) is 73.6 Å². The van der Waals surface area contributed by atoms with E-state index < -0.39 is 13.9 Å². The second-order valence-electron chi connectivity index (χ2n) is 14.0. The van der Waals surface area contributed by atoms with Crippen molar-refractivity contribution >= 4 is 24.5 Å². The van der Waals surface area contributed by atoms with Crippen LogP contribution in [0.15, 0.2) is 60.7 Å². The molecule has 3 aliphatic rings. The lowest BCUT2D eigenvalue weighted by Crippen LogP contribution is -2.66. The highest BCUT2D eigenvalue weighted by atomic mass is 28.4. The van der Waals surface area contributed by atoms with Crippen LogP contribution in [0.25, 0.3) is 0 Å². The Hall–Kier alpha value is -1.79. The summed E-state index contributed by atoms with van der Waals surface area (Å²) in [4.78, 5) is 13.5. The molecule has 1 saturated carbocycles. The van der Waals surface area contributed by atoms with Gasteiger partial charge in [0.15, 0.2) is 0 Å². The Labute approximate surface area is 236 Å². The number of carbonyl (C=O) groups excluding carboxylic acids is 1. The summed E-state index contributed by atoms with van der Waals surface area (Å²) in [7, 11) is -2.59. The summed E-state index contributed by atoms with van der Waals surface area (Å²) < 4.78 is 13.7. The Bertz CT molecular complexity index is 1080. The van der Waals surface area contributed by atoms with Gasteiger partial charge in [-0.25, -0.2) is 0 Å². The van der Waals surface area contributed by atoms with E-state index in [1.165, 1.54) is 10.4 Å². The first-order valence-electron chi connectivity index (χ1n) is 15.1. The van der Waals surface area contributed by atoms with Gasteiger partial charge in [0.05, 0.1) is 17.8 Å². The second kappa shape index (κ2) is 10.9. The molecular formula is C34H48O4Si. The molecule has 4 nitrogen and oxygen atoms in total. The van der Waals surface area contributed by atoms with Crippen LogP contribution < -0.4 is 10.4 Å². The third-order valence-corrected chi connectivity index (χ3v) is 15.2. The molecule has 0 unspecified atom stereocenters. The standard InChI is InChI=1S/C34H48O4Si/c1-23(2)26-19-20-34(6,36)31-29-22-28(35)27(32(38-29)30(26)31)18-13-21-37-39(33(3,4)5,24-14-9-7-10-15-24)25-16-11-8-12-17-25/h7-12,14-17,23,26-27,29-32,36H,13,18-22H2,1-6H3/t26-,27-,29-,30-,31-,32+,34-/m1/s1. The van der Waals surface area contributed by atoms with Crippen molar-refractivity contribution in [3.05, 3.63) is 60.7 Å². The van der Waals surface area contributed by atoms with Gasteiger partial charge in [0.2, 0.25) is 0 Å². The molecule has 5 rings (SSSR count). The first-order chi connectivity index (χ1) is 18.5. The van der Waals surface area contributed by atoms with Gasteiger partial charge in [-0.05, 0) is 65.8 Å². The van der Waals surface area contributed by atoms with Gasteiger partial charge >= 0.3 is 0 Å². The normalized spacial score (nSPS) is 32.9. The molecule has 1 N–H and O–H groups in total. The molecule has 0 amide bonds. The van der Waals surface area contributed by atoms with E-state index in [0.29, 0.717) is 30.6 Å². The summed E-state index contributed by atoms with van der Waals surface area (Å²) in [6.07, 6.45) is 3.65. The minimum atomic E-state index is -2.59. The Morgan fingerprint density at radius 1 is 1.05 bits per heavy atom. The highest BCUT2D eigenvalue weighted by Crippen LogP contribution is 2.57. The molecule has 212 valence electrons. The zero-order chi connectivity index (χ0) is 28.0. The van der Waals surface area contributed by atoms with Crippen LogP contribution in [0.2, 0.25) is 5.04 Å². The lowest BCUT2D eigenvalue weighted by Gasteiger charge is -2.46. The van der Waals surface area contributed by atoms with E-state index in [9.17, 15) is 9.90 Å². The van der Waals surface area contributed by atoms with E-state index in [4.69, 9.17) is 9.16 Å². The first kappa shape index (κ1) is 28.7. The van der Waals surface area contributed by atoms with E-state index in [1.807, 2.05) is 6.92 Å². The smallest absolute Gasteiger partial charge is 0.261 e. The van der Waals surface area contributed by atoms with E-state index in [1.54, 1.807) is 0 Å². The van der Waals surface area contributed by atoms with Gasteiger partial charge in [0.25, 0.3) is 8.32 Å². The molecule has 2 bridgehead atoms. The molecule has 2 aromatic carbocycles. The largest absolute Gasteiger partial charge is 0.407 e. The van der Waals surface area contributed by atoms with Crippen molar-refractivity contribution in [1.82, 2.24) is 0 Å². The molecule has 7 atom stereocenters. The van der Waals surface area contributed by atoms with Crippen LogP contribution in [-0.4, -0.2) is 43.6 Å². The molecule has 0 spiro atoms. The highest BCUT2D eigenvalue weighted by Gasteiger charge is 2.62. The van der Waals surface area contributed by atoms with E-state index in [2.05, 4.69) is 95.3 Å². The van der Waals surface area contributed by atoms with Crippen LogP contribution in [0, 0.1) is 29.6 Å². The molecule has 2 saturated heterocycles. The number of Topliss-reactive ketones (excluding diaryl/α,β-unsaturated/α-hetero) is 1. The van der Waals surface area contributed by atoms with Crippen LogP contribution in [-0.2, 0) is 14.0 Å². The number of ketones is 1. The molecule has 2 heterocycles. The average molecular weight is 549 g/mol. The molecule has 39 heavy (non-hydrogen) atoms. The van der Waals surface area contributed by atoms with Gasteiger partial charge in [0, 0.05) is 24.9 Å². The maximum absolute atomic E-state index is 13.5. The number of aliphatic hydroxyl groups is 1. The minimum absolute atomic E-state index is 0.0611. The molecule has 5 heteroatoms. The molecular weight excluding hydrogens is 500 g/mol. The number of rotatable bonds is 8. The summed E-state index contributed by atoms with van der Waals surface area (Å²) >= 11 is 0. The molecule has 2 aromatic rings. The quantitative estimate of drug-likeness (QED) is 0.337. The maximum Gasteiger partial charge on any atom is 0.261 e. The summed E-state index contributed by atoms with van der Waals surface area (Å²) in [5.41, 5.74) is -0.753. The third kappa shape index (κ3) is 5.09. The zero-order valence-corrected chi connectivity index (χ0v) is 25.7. The highest BCUT2D eigenvalue weighted by molar-refractivity contribution is 6.99. The summed E-state index contributed by atoms with van der Waals surface area (Å²) in [5.74, 6) is 1.56. The van der Waals surface area contributed by atoms with Crippen LogP contribution in [0.3, 0.4) is 0 Å². The van der Waals surface area contributed by atoms with Crippen molar-refractivity contribution in [2.24, 2.45) is 29.6 Å². The van der Waals surface area contributed by atoms with Crippen LogP contribution in [0.5, 0.6) is 0 Å². The summed E-state index contributed by atoms with van der Waals surface area (Å²) in [6.45, 7) is 14.1.